The van der Waals surface area contributed by atoms with Crippen LogP contribution in [0.4, 0.5) is 5.69 Å². The Balaban J connectivity index is 2.01. The lowest BCUT2D eigenvalue weighted by molar-refractivity contribution is 0.0999. The van der Waals surface area contributed by atoms with Crippen molar-refractivity contribution >= 4 is 11.6 Å². The molecule has 7 heteroatoms. The van der Waals surface area contributed by atoms with Crippen molar-refractivity contribution in [2.45, 2.75) is 13.3 Å². The molecule has 1 amide bonds. The Morgan fingerprint density at radius 2 is 2.04 bits per heavy atom. The summed E-state index contributed by atoms with van der Waals surface area (Å²) in [6.07, 6.45) is 5.26. The third-order valence-electron chi connectivity index (χ3n) is 3.78. The molecule has 3 rings (SSSR count). The molecular formula is C19H19N5O2. The largest absolute Gasteiger partial charge is 0.477 e. The third-order valence-corrected chi connectivity index (χ3v) is 3.78. The number of nitrogens with zero attached hydrogens (tertiary/aromatic N) is 3. The third kappa shape index (κ3) is 3.94. The SMILES string of the molecule is CCOc1cncc(-c2ccc(C(N)=O)c(Cc3cc(N)ccn3)c2)n1. The predicted octanol–water partition coefficient (Wildman–Crippen LogP) is 2.21. The van der Waals surface area contributed by atoms with Crippen LogP contribution in [-0.2, 0) is 6.42 Å². The van der Waals surface area contributed by atoms with Crippen molar-refractivity contribution in [3.05, 3.63) is 65.7 Å². The monoisotopic (exact) mass is 349 g/mol. The molecule has 4 N–H and O–H groups in total. The van der Waals surface area contributed by atoms with Crippen LogP contribution in [0.2, 0.25) is 0 Å². The fourth-order valence-electron chi connectivity index (χ4n) is 2.63. The van der Waals surface area contributed by atoms with Gasteiger partial charge >= 0.3 is 0 Å². The van der Waals surface area contributed by atoms with E-state index in [0.717, 1.165) is 16.8 Å². The first-order valence-electron chi connectivity index (χ1n) is 8.15. The van der Waals surface area contributed by atoms with E-state index in [4.69, 9.17) is 16.2 Å². The molecule has 0 saturated carbocycles. The first-order valence-corrected chi connectivity index (χ1v) is 8.15. The molecule has 2 heterocycles. The van der Waals surface area contributed by atoms with E-state index in [1.807, 2.05) is 13.0 Å². The van der Waals surface area contributed by atoms with Crippen molar-refractivity contribution in [3.63, 3.8) is 0 Å². The lowest BCUT2D eigenvalue weighted by atomic mass is 9.98. The van der Waals surface area contributed by atoms with E-state index in [1.165, 1.54) is 0 Å². The maximum Gasteiger partial charge on any atom is 0.248 e. The van der Waals surface area contributed by atoms with Crippen LogP contribution in [0, 0.1) is 0 Å². The fraction of sp³-hybridized carbons (Fsp3) is 0.158. The summed E-state index contributed by atoms with van der Waals surface area (Å²) in [5, 5.41) is 0. The van der Waals surface area contributed by atoms with Crippen LogP contribution >= 0.6 is 0 Å². The van der Waals surface area contributed by atoms with Gasteiger partial charge in [-0.3, -0.25) is 14.8 Å². The minimum absolute atomic E-state index is 0.426. The summed E-state index contributed by atoms with van der Waals surface area (Å²) in [6.45, 7) is 2.39. The molecule has 132 valence electrons. The van der Waals surface area contributed by atoms with Crippen LogP contribution in [0.3, 0.4) is 0 Å². The quantitative estimate of drug-likeness (QED) is 0.704. The van der Waals surface area contributed by atoms with E-state index in [0.29, 0.717) is 35.9 Å². The predicted molar refractivity (Wildman–Crippen MR) is 98.6 cm³/mol. The van der Waals surface area contributed by atoms with Gasteiger partial charge in [-0.25, -0.2) is 4.98 Å². The van der Waals surface area contributed by atoms with Gasteiger partial charge < -0.3 is 16.2 Å². The Hall–Kier alpha value is -3.48. The van der Waals surface area contributed by atoms with E-state index >= 15 is 0 Å². The van der Waals surface area contributed by atoms with Crippen LogP contribution in [0.15, 0.2) is 48.9 Å². The molecule has 0 radical (unpaired) electrons. The van der Waals surface area contributed by atoms with Gasteiger partial charge in [-0.2, -0.15) is 0 Å². The molecule has 0 aliphatic carbocycles. The van der Waals surface area contributed by atoms with E-state index in [1.54, 1.807) is 42.9 Å². The maximum atomic E-state index is 11.8. The number of hydrogen-bond acceptors (Lipinski definition) is 6. The number of anilines is 1. The number of carbonyl (C=O) groups excluding carboxylic acids is 1. The highest BCUT2D eigenvalue weighted by Crippen LogP contribution is 2.24. The number of primary amides is 1. The summed E-state index contributed by atoms with van der Waals surface area (Å²) >= 11 is 0. The van der Waals surface area contributed by atoms with Crippen molar-refractivity contribution in [3.8, 4) is 17.1 Å². The van der Waals surface area contributed by atoms with Gasteiger partial charge in [0.15, 0.2) is 0 Å². The summed E-state index contributed by atoms with van der Waals surface area (Å²) in [5.41, 5.74) is 15.3. The van der Waals surface area contributed by atoms with Gasteiger partial charge in [-0.15, -0.1) is 0 Å². The highest BCUT2D eigenvalue weighted by molar-refractivity contribution is 5.95. The highest BCUT2D eigenvalue weighted by atomic mass is 16.5. The van der Waals surface area contributed by atoms with Crippen LogP contribution < -0.4 is 16.2 Å². The number of nitrogen functional groups attached to an aromatic ring is 1. The molecule has 0 unspecified atom stereocenters. The number of carbonyl (C=O) groups is 1. The van der Waals surface area contributed by atoms with Crippen molar-refractivity contribution in [1.82, 2.24) is 15.0 Å². The molecule has 0 aliphatic heterocycles. The number of benzene rings is 1. The van der Waals surface area contributed by atoms with Gasteiger partial charge in [0.2, 0.25) is 11.8 Å². The van der Waals surface area contributed by atoms with Gasteiger partial charge in [0.1, 0.15) is 0 Å². The number of pyridine rings is 1. The van der Waals surface area contributed by atoms with Crippen LogP contribution in [0.1, 0.15) is 28.5 Å². The van der Waals surface area contributed by atoms with Crippen molar-refractivity contribution in [1.29, 1.82) is 0 Å². The zero-order valence-corrected chi connectivity index (χ0v) is 14.3. The second-order valence-electron chi connectivity index (χ2n) is 5.67. The van der Waals surface area contributed by atoms with Crippen molar-refractivity contribution < 1.29 is 9.53 Å². The van der Waals surface area contributed by atoms with E-state index in [2.05, 4.69) is 15.0 Å². The van der Waals surface area contributed by atoms with Gasteiger partial charge in [-0.05, 0) is 36.8 Å². The van der Waals surface area contributed by atoms with Crippen molar-refractivity contribution in [2.24, 2.45) is 5.73 Å². The lowest BCUT2D eigenvalue weighted by Gasteiger charge is -2.10. The maximum absolute atomic E-state index is 11.8. The Kier molecular flexibility index (Phi) is 5.07. The first kappa shape index (κ1) is 17.3. The fourth-order valence-corrected chi connectivity index (χ4v) is 2.63. The Morgan fingerprint density at radius 1 is 1.19 bits per heavy atom. The minimum Gasteiger partial charge on any atom is -0.477 e. The Bertz CT molecular complexity index is 943. The standard InChI is InChI=1S/C19H19N5O2/c1-2-26-18-11-22-10-17(24-18)12-3-4-16(19(21)25)13(7-12)8-15-9-14(20)5-6-23-15/h3-7,9-11H,2,8H2,1H3,(H2,20,23)(H2,21,25). The van der Waals surface area contributed by atoms with Crippen LogP contribution in [0.25, 0.3) is 11.3 Å². The van der Waals surface area contributed by atoms with Gasteiger partial charge in [0, 0.05) is 35.1 Å². The summed E-state index contributed by atoms with van der Waals surface area (Å²) in [6, 6.07) is 8.83. The number of rotatable bonds is 6. The molecule has 26 heavy (non-hydrogen) atoms. The van der Waals surface area contributed by atoms with E-state index < -0.39 is 5.91 Å². The molecule has 0 spiro atoms. The second kappa shape index (κ2) is 7.60. The smallest absolute Gasteiger partial charge is 0.248 e. The average Bonchev–Trinajstić information content (AvgIpc) is 2.62. The summed E-state index contributed by atoms with van der Waals surface area (Å²) in [5.74, 6) is -0.0485. The minimum atomic E-state index is -0.496. The number of nitrogens with two attached hydrogens (primary N) is 2. The molecule has 3 aromatic rings. The molecule has 0 atom stereocenters. The molecule has 0 aliphatic rings. The topological polar surface area (TPSA) is 117 Å². The molecule has 7 nitrogen and oxygen atoms in total. The zero-order chi connectivity index (χ0) is 18.5. The van der Waals surface area contributed by atoms with Crippen LogP contribution in [-0.4, -0.2) is 27.5 Å². The second-order valence-corrected chi connectivity index (χ2v) is 5.67. The number of ether oxygens (including phenoxy) is 1. The molecule has 2 aromatic heterocycles. The summed E-state index contributed by atoms with van der Waals surface area (Å²) in [7, 11) is 0. The Morgan fingerprint density at radius 3 is 2.77 bits per heavy atom. The highest BCUT2D eigenvalue weighted by Gasteiger charge is 2.13. The first-order chi connectivity index (χ1) is 12.6. The molecule has 0 fully saturated rings. The summed E-state index contributed by atoms with van der Waals surface area (Å²) < 4.78 is 5.40. The van der Waals surface area contributed by atoms with Crippen molar-refractivity contribution in [2.75, 3.05) is 12.3 Å². The van der Waals surface area contributed by atoms with E-state index in [-0.39, 0.29) is 0 Å². The number of aromatic nitrogens is 3. The van der Waals surface area contributed by atoms with E-state index in [9.17, 15) is 4.79 Å². The molecular weight excluding hydrogens is 330 g/mol. The molecule has 0 saturated heterocycles. The number of amides is 1. The molecule has 1 aromatic carbocycles. The van der Waals surface area contributed by atoms with Gasteiger partial charge in [-0.1, -0.05) is 6.07 Å². The van der Waals surface area contributed by atoms with Gasteiger partial charge in [0.05, 0.1) is 24.7 Å². The lowest BCUT2D eigenvalue weighted by Crippen LogP contribution is -2.14. The molecule has 0 bridgehead atoms. The normalized spacial score (nSPS) is 10.5. The summed E-state index contributed by atoms with van der Waals surface area (Å²) in [4.78, 5) is 24.7. The van der Waals surface area contributed by atoms with Crippen LogP contribution in [0.5, 0.6) is 5.88 Å². The Labute approximate surface area is 151 Å². The number of hydrogen-bond donors (Lipinski definition) is 2. The average molecular weight is 349 g/mol. The van der Waals surface area contributed by atoms with Gasteiger partial charge in [0.25, 0.3) is 0 Å². The zero-order valence-electron chi connectivity index (χ0n) is 14.3.